The number of aliphatic hydroxyl groups excluding tert-OH is 1. The lowest BCUT2D eigenvalue weighted by molar-refractivity contribution is -0.140. The fourth-order valence-electron chi connectivity index (χ4n) is 4.33. The first kappa shape index (κ1) is 24.8. The predicted molar refractivity (Wildman–Crippen MR) is 139 cm³/mol. The smallest absolute Gasteiger partial charge is 0.295 e. The number of nitrogens with zero attached hydrogens (tertiary/aromatic N) is 3. The molecule has 180 valence electrons. The molecule has 35 heavy (non-hydrogen) atoms. The highest BCUT2D eigenvalue weighted by Gasteiger charge is 2.46. The van der Waals surface area contributed by atoms with Crippen LogP contribution in [0.25, 0.3) is 5.76 Å². The number of pyridine rings is 1. The van der Waals surface area contributed by atoms with Crippen LogP contribution >= 0.6 is 23.2 Å². The van der Waals surface area contributed by atoms with E-state index in [2.05, 4.69) is 23.7 Å². The zero-order chi connectivity index (χ0) is 25.1. The second kappa shape index (κ2) is 10.5. The predicted octanol–water partition coefficient (Wildman–Crippen LogP) is 5.86. The third-order valence-electron chi connectivity index (χ3n) is 6.15. The minimum absolute atomic E-state index is 0.00729. The van der Waals surface area contributed by atoms with Gasteiger partial charge in [-0.2, -0.15) is 0 Å². The molecule has 0 saturated carbocycles. The highest BCUT2D eigenvalue weighted by molar-refractivity contribution is 6.46. The van der Waals surface area contributed by atoms with Gasteiger partial charge in [0, 0.05) is 43.3 Å². The average Bonchev–Trinajstić information content (AvgIpc) is 3.12. The number of rotatable bonds is 7. The van der Waals surface area contributed by atoms with Gasteiger partial charge < -0.3 is 14.9 Å². The molecule has 2 aromatic carbocycles. The van der Waals surface area contributed by atoms with Crippen molar-refractivity contribution in [2.24, 2.45) is 0 Å². The van der Waals surface area contributed by atoms with Crippen molar-refractivity contribution in [1.82, 2.24) is 9.88 Å². The van der Waals surface area contributed by atoms with Gasteiger partial charge in [-0.1, -0.05) is 41.4 Å². The number of carbonyl (C=O) groups is 2. The molecule has 1 amide bonds. The monoisotopic (exact) mass is 509 g/mol. The molecule has 2 heterocycles. The highest BCUT2D eigenvalue weighted by Crippen LogP contribution is 2.41. The molecule has 1 aliphatic heterocycles. The van der Waals surface area contributed by atoms with E-state index >= 15 is 0 Å². The number of hydrogen-bond donors (Lipinski definition) is 1. The molecule has 0 aliphatic carbocycles. The Labute approximate surface area is 214 Å². The Bertz CT molecular complexity index is 1270. The maximum Gasteiger partial charge on any atom is 0.295 e. The fourth-order valence-corrected chi connectivity index (χ4v) is 4.63. The number of anilines is 1. The van der Waals surface area contributed by atoms with Crippen molar-refractivity contribution < 1.29 is 14.7 Å². The number of benzene rings is 2. The maximum atomic E-state index is 13.2. The lowest BCUT2D eigenvalue weighted by Crippen LogP contribution is -2.29. The number of hydrogen-bond acceptors (Lipinski definition) is 5. The van der Waals surface area contributed by atoms with E-state index in [1.54, 1.807) is 30.6 Å². The lowest BCUT2D eigenvalue weighted by Gasteiger charge is -2.26. The zero-order valence-corrected chi connectivity index (χ0v) is 20.9. The van der Waals surface area contributed by atoms with E-state index < -0.39 is 17.7 Å². The van der Waals surface area contributed by atoms with Gasteiger partial charge in [0.25, 0.3) is 11.7 Å². The molecule has 1 fully saturated rings. The summed E-state index contributed by atoms with van der Waals surface area (Å²) in [5.41, 5.74) is 2.84. The average molecular weight is 510 g/mol. The molecule has 1 N–H and O–H groups in total. The van der Waals surface area contributed by atoms with E-state index in [0.717, 1.165) is 24.3 Å². The van der Waals surface area contributed by atoms with Crippen LogP contribution in [-0.2, 0) is 16.1 Å². The number of amides is 1. The Kier molecular flexibility index (Phi) is 7.43. The highest BCUT2D eigenvalue weighted by atomic mass is 35.5. The first-order chi connectivity index (χ1) is 16.8. The SMILES string of the molecule is CCN(CC)c1ccc(C2/C(=C(/O)c3ccc(Cl)c(Cl)c3)C(=O)C(=O)N2Cc2cccnc2)cc1. The molecule has 1 unspecified atom stereocenters. The van der Waals surface area contributed by atoms with E-state index in [1.807, 2.05) is 30.3 Å². The first-order valence-corrected chi connectivity index (χ1v) is 12.1. The lowest BCUT2D eigenvalue weighted by atomic mass is 9.95. The summed E-state index contributed by atoms with van der Waals surface area (Å²) in [5.74, 6) is -1.74. The number of aromatic nitrogens is 1. The van der Waals surface area contributed by atoms with Crippen molar-refractivity contribution in [3.63, 3.8) is 0 Å². The molecule has 1 saturated heterocycles. The van der Waals surface area contributed by atoms with Gasteiger partial charge >= 0.3 is 0 Å². The molecule has 4 rings (SSSR count). The van der Waals surface area contributed by atoms with Crippen LogP contribution in [-0.4, -0.2) is 39.8 Å². The number of Topliss-reactive ketones (excluding diaryl/α,β-unsaturated/α-hetero) is 1. The van der Waals surface area contributed by atoms with Crippen LogP contribution in [0.4, 0.5) is 5.69 Å². The van der Waals surface area contributed by atoms with Crippen molar-refractivity contribution in [2.45, 2.75) is 26.4 Å². The van der Waals surface area contributed by atoms with Crippen LogP contribution in [0.3, 0.4) is 0 Å². The number of halogens is 2. The van der Waals surface area contributed by atoms with Crippen molar-refractivity contribution in [3.8, 4) is 0 Å². The Morgan fingerprint density at radius 3 is 2.34 bits per heavy atom. The second-order valence-electron chi connectivity index (χ2n) is 8.18. The van der Waals surface area contributed by atoms with E-state index in [1.165, 1.54) is 11.0 Å². The van der Waals surface area contributed by atoms with Gasteiger partial charge in [-0.15, -0.1) is 0 Å². The third kappa shape index (κ3) is 4.90. The van der Waals surface area contributed by atoms with Gasteiger partial charge in [0.2, 0.25) is 0 Å². The zero-order valence-electron chi connectivity index (χ0n) is 19.4. The summed E-state index contributed by atoms with van der Waals surface area (Å²) in [5, 5.41) is 11.8. The van der Waals surface area contributed by atoms with Crippen LogP contribution in [0.5, 0.6) is 0 Å². The van der Waals surface area contributed by atoms with E-state index in [4.69, 9.17) is 23.2 Å². The Balaban J connectivity index is 1.84. The topological polar surface area (TPSA) is 73.7 Å². The number of likely N-dealkylation sites (tertiary alicyclic amines) is 1. The maximum absolute atomic E-state index is 13.2. The summed E-state index contributed by atoms with van der Waals surface area (Å²) < 4.78 is 0. The summed E-state index contributed by atoms with van der Waals surface area (Å²) >= 11 is 12.2. The van der Waals surface area contributed by atoms with Crippen LogP contribution in [0.15, 0.2) is 72.6 Å². The van der Waals surface area contributed by atoms with Crippen LogP contribution in [0.2, 0.25) is 10.0 Å². The second-order valence-corrected chi connectivity index (χ2v) is 9.00. The normalized spacial score (nSPS) is 17.1. The molecular weight excluding hydrogens is 485 g/mol. The van der Waals surface area contributed by atoms with Crippen molar-refractivity contribution in [2.75, 3.05) is 18.0 Å². The standard InChI is InChI=1S/C27H25Cl2N3O3/c1-3-31(4-2)20-10-7-18(8-11-20)24-23(25(33)19-9-12-21(28)22(29)14-19)26(34)27(35)32(24)16-17-6-5-13-30-15-17/h5-15,24,33H,3-4,16H2,1-2H3/b25-23-. The van der Waals surface area contributed by atoms with Gasteiger partial charge in [-0.05, 0) is 61.4 Å². The molecule has 8 heteroatoms. The van der Waals surface area contributed by atoms with Crippen LogP contribution in [0, 0.1) is 0 Å². The van der Waals surface area contributed by atoms with E-state index in [-0.39, 0.29) is 22.9 Å². The summed E-state index contributed by atoms with van der Waals surface area (Å²) in [6, 6.07) is 15.1. The minimum atomic E-state index is -0.782. The summed E-state index contributed by atoms with van der Waals surface area (Å²) in [6.45, 7) is 6.03. The quantitative estimate of drug-likeness (QED) is 0.245. The van der Waals surface area contributed by atoms with Crippen molar-refractivity contribution in [3.05, 3.63) is 99.3 Å². The minimum Gasteiger partial charge on any atom is -0.507 e. The molecule has 1 aliphatic rings. The van der Waals surface area contributed by atoms with Crippen molar-refractivity contribution in [1.29, 1.82) is 0 Å². The van der Waals surface area contributed by atoms with Crippen LogP contribution < -0.4 is 4.90 Å². The summed E-state index contributed by atoms with van der Waals surface area (Å²) in [4.78, 5) is 34.2. The summed E-state index contributed by atoms with van der Waals surface area (Å²) in [6.07, 6.45) is 3.30. The molecule has 0 bridgehead atoms. The van der Waals surface area contributed by atoms with Gasteiger partial charge in [-0.3, -0.25) is 14.6 Å². The Hall–Kier alpha value is -3.35. The molecular formula is C27H25Cl2N3O3. The number of ketones is 1. The van der Waals surface area contributed by atoms with E-state index in [9.17, 15) is 14.7 Å². The molecule has 0 spiro atoms. The van der Waals surface area contributed by atoms with Crippen molar-refractivity contribution >= 4 is 46.3 Å². The molecule has 1 atom stereocenters. The Morgan fingerprint density at radius 2 is 1.74 bits per heavy atom. The fraction of sp³-hybridized carbons (Fsp3) is 0.222. The Morgan fingerprint density at radius 1 is 1.03 bits per heavy atom. The number of carbonyl (C=O) groups excluding carboxylic acids is 2. The summed E-state index contributed by atoms with van der Waals surface area (Å²) in [7, 11) is 0. The number of aliphatic hydroxyl groups is 1. The molecule has 1 aromatic heterocycles. The van der Waals surface area contributed by atoms with Crippen LogP contribution in [0.1, 0.15) is 36.6 Å². The van der Waals surface area contributed by atoms with Gasteiger partial charge in [0.05, 0.1) is 21.7 Å². The molecule has 3 aromatic rings. The van der Waals surface area contributed by atoms with E-state index in [0.29, 0.717) is 16.1 Å². The first-order valence-electron chi connectivity index (χ1n) is 11.3. The largest absolute Gasteiger partial charge is 0.507 e. The van der Waals surface area contributed by atoms with Gasteiger partial charge in [-0.25, -0.2) is 0 Å². The van der Waals surface area contributed by atoms with Gasteiger partial charge in [0.1, 0.15) is 5.76 Å². The van der Waals surface area contributed by atoms with Gasteiger partial charge in [0.15, 0.2) is 0 Å². The third-order valence-corrected chi connectivity index (χ3v) is 6.89. The molecule has 6 nitrogen and oxygen atoms in total. The molecule has 0 radical (unpaired) electrons.